The molecule has 6 heteroatoms. The van der Waals surface area contributed by atoms with Gasteiger partial charge in [0.2, 0.25) is 0 Å². The first-order chi connectivity index (χ1) is 15.7. The molecule has 0 bridgehead atoms. The summed E-state index contributed by atoms with van der Waals surface area (Å²) in [5, 5.41) is 13.1. The third-order valence-electron chi connectivity index (χ3n) is 7.62. The van der Waals surface area contributed by atoms with Crippen LogP contribution >= 0.6 is 0 Å². The van der Waals surface area contributed by atoms with Gasteiger partial charge >= 0.3 is 0 Å². The lowest BCUT2D eigenvalue weighted by Crippen LogP contribution is -2.31. The van der Waals surface area contributed by atoms with E-state index >= 15 is 0 Å². The summed E-state index contributed by atoms with van der Waals surface area (Å²) >= 11 is 0. The van der Waals surface area contributed by atoms with E-state index in [-0.39, 0.29) is 0 Å². The molecule has 0 radical (unpaired) electrons. The van der Waals surface area contributed by atoms with Gasteiger partial charge in [-0.2, -0.15) is 0 Å². The summed E-state index contributed by atoms with van der Waals surface area (Å²) in [6, 6.07) is 11.5. The van der Waals surface area contributed by atoms with Crippen LogP contribution in [0.1, 0.15) is 42.0 Å². The number of hydrogen-bond acceptors (Lipinski definition) is 4. The SMILES string of the molecule is CNC1CCc2c(c3ccc(Nc4ccc5[nH]cc(C6CCNCC6)c5c4)nc3n2C)C1. The lowest BCUT2D eigenvalue weighted by Gasteiger charge is -2.22. The van der Waals surface area contributed by atoms with Gasteiger partial charge in [0.05, 0.1) is 0 Å². The van der Waals surface area contributed by atoms with Crippen molar-refractivity contribution in [2.45, 2.75) is 44.1 Å². The number of benzene rings is 1. The van der Waals surface area contributed by atoms with Gasteiger partial charge in [0.15, 0.2) is 0 Å². The van der Waals surface area contributed by atoms with E-state index in [1.165, 1.54) is 52.4 Å². The molecule has 6 rings (SSSR count). The number of fused-ring (bicyclic) bond motifs is 4. The summed E-state index contributed by atoms with van der Waals surface area (Å²) in [4.78, 5) is 8.49. The molecular formula is C26H32N6. The van der Waals surface area contributed by atoms with E-state index in [1.807, 2.05) is 0 Å². The van der Waals surface area contributed by atoms with Crippen LogP contribution < -0.4 is 16.0 Å². The van der Waals surface area contributed by atoms with Crippen LogP contribution in [0, 0.1) is 0 Å². The first-order valence-corrected chi connectivity index (χ1v) is 11.9. The predicted molar refractivity (Wildman–Crippen MR) is 132 cm³/mol. The van der Waals surface area contributed by atoms with E-state index < -0.39 is 0 Å². The highest BCUT2D eigenvalue weighted by molar-refractivity contribution is 5.88. The molecule has 6 nitrogen and oxygen atoms in total. The zero-order valence-corrected chi connectivity index (χ0v) is 19.0. The Balaban J connectivity index is 1.32. The Labute approximate surface area is 188 Å². The van der Waals surface area contributed by atoms with E-state index in [9.17, 15) is 0 Å². The van der Waals surface area contributed by atoms with Crippen molar-refractivity contribution in [3.05, 3.63) is 53.3 Å². The third kappa shape index (κ3) is 3.29. The van der Waals surface area contributed by atoms with Gasteiger partial charge in [-0.1, -0.05) is 0 Å². The number of hydrogen-bond donors (Lipinski definition) is 4. The van der Waals surface area contributed by atoms with Crippen LogP contribution in [-0.4, -0.2) is 40.7 Å². The van der Waals surface area contributed by atoms with Gasteiger partial charge < -0.3 is 25.5 Å². The van der Waals surface area contributed by atoms with Gasteiger partial charge in [0.25, 0.3) is 0 Å². The van der Waals surface area contributed by atoms with E-state index in [1.54, 1.807) is 0 Å². The second-order valence-corrected chi connectivity index (χ2v) is 9.43. The van der Waals surface area contributed by atoms with Crippen LogP contribution in [0.3, 0.4) is 0 Å². The number of pyridine rings is 1. The number of nitrogens with one attached hydrogen (secondary N) is 4. The Kier molecular flexibility index (Phi) is 4.92. The van der Waals surface area contributed by atoms with Gasteiger partial charge in [-0.05, 0) is 99.6 Å². The molecule has 2 aliphatic rings. The van der Waals surface area contributed by atoms with Gasteiger partial charge in [-0.3, -0.25) is 0 Å². The van der Waals surface area contributed by atoms with Crippen molar-refractivity contribution in [1.82, 2.24) is 25.2 Å². The topological polar surface area (TPSA) is 69.7 Å². The number of rotatable bonds is 4. The van der Waals surface area contributed by atoms with Crippen molar-refractivity contribution >= 4 is 33.4 Å². The van der Waals surface area contributed by atoms with E-state index in [4.69, 9.17) is 4.98 Å². The maximum absolute atomic E-state index is 5.02. The molecule has 1 aromatic carbocycles. The molecule has 32 heavy (non-hydrogen) atoms. The number of likely N-dealkylation sites (N-methyl/N-ethyl adjacent to an activating group) is 1. The summed E-state index contributed by atoms with van der Waals surface area (Å²) in [5.74, 6) is 1.53. The van der Waals surface area contributed by atoms with Crippen LogP contribution in [0.2, 0.25) is 0 Å². The molecule has 0 spiro atoms. The summed E-state index contributed by atoms with van der Waals surface area (Å²) in [6.07, 6.45) is 8.00. The average Bonchev–Trinajstić information content (AvgIpc) is 3.38. The largest absolute Gasteiger partial charge is 0.361 e. The number of nitrogens with zero attached hydrogens (tertiary/aromatic N) is 2. The molecule has 4 aromatic rings. The van der Waals surface area contributed by atoms with E-state index in [2.05, 4.69) is 76.1 Å². The van der Waals surface area contributed by atoms with Gasteiger partial charge in [-0.15, -0.1) is 0 Å². The molecule has 0 saturated carbocycles. The van der Waals surface area contributed by atoms with Crippen molar-refractivity contribution in [3.63, 3.8) is 0 Å². The molecule has 1 saturated heterocycles. The second kappa shape index (κ2) is 7.94. The highest BCUT2D eigenvalue weighted by Gasteiger charge is 2.24. The van der Waals surface area contributed by atoms with Gasteiger partial charge in [0, 0.05) is 47.0 Å². The molecule has 4 N–H and O–H groups in total. The monoisotopic (exact) mass is 428 g/mol. The molecule has 4 heterocycles. The van der Waals surface area contributed by atoms with E-state index in [0.717, 1.165) is 43.1 Å². The number of piperidine rings is 1. The average molecular weight is 429 g/mol. The van der Waals surface area contributed by atoms with Crippen LogP contribution in [-0.2, 0) is 19.9 Å². The fourth-order valence-electron chi connectivity index (χ4n) is 5.79. The summed E-state index contributed by atoms with van der Waals surface area (Å²) < 4.78 is 2.30. The molecule has 1 aliphatic heterocycles. The van der Waals surface area contributed by atoms with E-state index in [0.29, 0.717) is 12.0 Å². The quantitative estimate of drug-likeness (QED) is 0.390. The van der Waals surface area contributed by atoms with Crippen LogP contribution in [0.25, 0.3) is 21.9 Å². The third-order valence-corrected chi connectivity index (χ3v) is 7.62. The molecule has 1 unspecified atom stereocenters. The predicted octanol–water partition coefficient (Wildman–Crippen LogP) is 4.34. The zero-order valence-electron chi connectivity index (χ0n) is 19.0. The number of aromatic amines is 1. The van der Waals surface area contributed by atoms with Crippen molar-refractivity contribution in [3.8, 4) is 0 Å². The fraction of sp³-hybridized carbons (Fsp3) is 0.423. The molecule has 1 fully saturated rings. The Morgan fingerprint density at radius 3 is 2.78 bits per heavy atom. The number of H-pyrrole nitrogens is 1. The number of aromatic nitrogens is 3. The highest BCUT2D eigenvalue weighted by Crippen LogP contribution is 2.34. The lowest BCUT2D eigenvalue weighted by atomic mass is 9.90. The minimum absolute atomic E-state index is 0.563. The van der Waals surface area contributed by atoms with Gasteiger partial charge in [0.1, 0.15) is 11.5 Å². The molecule has 1 atom stereocenters. The standard InChI is InChI=1S/C26H32N6/c1-27-17-4-7-24-21(13-17)19-5-8-25(31-26(19)32(24)2)30-18-3-6-23-20(14-18)22(15-29-23)16-9-11-28-12-10-16/h3,5-6,8,14-17,27-29H,4,7,9-13H2,1-2H3,(H,30,31). The Bertz CT molecular complexity index is 1280. The van der Waals surface area contributed by atoms with Crippen LogP contribution in [0.5, 0.6) is 0 Å². The van der Waals surface area contributed by atoms with Crippen LogP contribution in [0.4, 0.5) is 11.5 Å². The Morgan fingerprint density at radius 1 is 1.06 bits per heavy atom. The summed E-state index contributed by atoms with van der Waals surface area (Å²) in [5.41, 5.74) is 7.73. The maximum Gasteiger partial charge on any atom is 0.142 e. The van der Waals surface area contributed by atoms with Crippen molar-refractivity contribution in [2.75, 3.05) is 25.5 Å². The smallest absolute Gasteiger partial charge is 0.142 e. The summed E-state index contributed by atoms with van der Waals surface area (Å²) in [7, 11) is 4.23. The first-order valence-electron chi connectivity index (χ1n) is 11.9. The number of aryl methyl sites for hydroxylation is 1. The normalized spacial score (nSPS) is 19.5. The van der Waals surface area contributed by atoms with Crippen molar-refractivity contribution in [2.24, 2.45) is 7.05 Å². The number of anilines is 2. The molecule has 3 aromatic heterocycles. The van der Waals surface area contributed by atoms with Crippen molar-refractivity contribution in [1.29, 1.82) is 0 Å². The molecule has 166 valence electrons. The molecule has 1 aliphatic carbocycles. The fourth-order valence-corrected chi connectivity index (χ4v) is 5.79. The highest BCUT2D eigenvalue weighted by atomic mass is 15.1. The maximum atomic E-state index is 5.02. The van der Waals surface area contributed by atoms with Crippen LogP contribution in [0.15, 0.2) is 36.5 Å². The Morgan fingerprint density at radius 2 is 1.94 bits per heavy atom. The zero-order chi connectivity index (χ0) is 21.7. The Hall–Kier alpha value is -2.83. The van der Waals surface area contributed by atoms with Gasteiger partial charge in [-0.25, -0.2) is 4.98 Å². The first kappa shape index (κ1) is 19.8. The second-order valence-electron chi connectivity index (χ2n) is 9.43. The molecular weight excluding hydrogens is 396 g/mol. The van der Waals surface area contributed by atoms with Crippen molar-refractivity contribution < 1.29 is 0 Å². The molecule has 0 amide bonds. The summed E-state index contributed by atoms with van der Waals surface area (Å²) in [6.45, 7) is 2.21. The minimum atomic E-state index is 0.563. The lowest BCUT2D eigenvalue weighted by molar-refractivity contribution is 0.462. The minimum Gasteiger partial charge on any atom is -0.361 e.